The number of nitrogens with one attached hydrogen (secondary N) is 1. The van der Waals surface area contributed by atoms with Gasteiger partial charge in [0.05, 0.1) is 17.7 Å². The summed E-state index contributed by atoms with van der Waals surface area (Å²) in [7, 11) is 8.76. The number of aliphatic hydroxyl groups is 1. The summed E-state index contributed by atoms with van der Waals surface area (Å²) in [5.74, 6) is -9.42. The molecule has 0 aromatic heterocycles. The van der Waals surface area contributed by atoms with E-state index in [-0.39, 0.29) is 56.3 Å². The van der Waals surface area contributed by atoms with E-state index in [1.54, 1.807) is 44.9 Å². The van der Waals surface area contributed by atoms with Gasteiger partial charge in [-0.25, -0.2) is 4.79 Å². The van der Waals surface area contributed by atoms with Crippen LogP contribution in [0.5, 0.6) is 0 Å². The minimum atomic E-state index is -1.95. The summed E-state index contributed by atoms with van der Waals surface area (Å²) in [6, 6.07) is 25.4. The van der Waals surface area contributed by atoms with E-state index < -0.39 is 132 Å². The predicted molar refractivity (Wildman–Crippen MR) is 425 cm³/mol. The summed E-state index contributed by atoms with van der Waals surface area (Å²) < 4.78 is 6.18. The number of anilines is 2. The summed E-state index contributed by atoms with van der Waals surface area (Å²) in [6.45, 7) is 29.2. The van der Waals surface area contributed by atoms with Crippen molar-refractivity contribution in [1.29, 1.82) is 0 Å². The van der Waals surface area contributed by atoms with E-state index in [1.807, 2.05) is 115 Å². The van der Waals surface area contributed by atoms with Crippen LogP contribution in [0.15, 0.2) is 103 Å². The van der Waals surface area contributed by atoms with Crippen molar-refractivity contribution in [2.24, 2.45) is 41.4 Å². The molecule has 4 aliphatic heterocycles. The van der Waals surface area contributed by atoms with Gasteiger partial charge in [0.1, 0.15) is 18.1 Å². The molecule has 4 fully saturated rings. The first-order valence-electron chi connectivity index (χ1n) is 39.2. The van der Waals surface area contributed by atoms with Crippen molar-refractivity contribution < 1.29 is 63.0 Å². The van der Waals surface area contributed by atoms with Crippen LogP contribution >= 0.6 is 0 Å². The van der Waals surface area contributed by atoms with E-state index in [1.165, 1.54) is 49.7 Å². The smallest absolute Gasteiger partial charge is 0.450 e. The first-order chi connectivity index (χ1) is 51.0. The Kier molecular flexibility index (Phi) is 31.9. The van der Waals surface area contributed by atoms with E-state index in [0.717, 1.165) is 85.3 Å². The molecule has 4 heterocycles. The molecule has 24 heteroatoms. The van der Waals surface area contributed by atoms with Gasteiger partial charge in [0.15, 0.2) is 23.7 Å². The highest BCUT2D eigenvalue weighted by atomic mass is 16.6. The van der Waals surface area contributed by atoms with Crippen LogP contribution in [0, 0.1) is 41.4 Å². The monoisotopic (exact) mass is 1490 g/mol. The summed E-state index contributed by atoms with van der Waals surface area (Å²) >= 11 is 0. The molecule has 6 amide bonds. The van der Waals surface area contributed by atoms with E-state index in [4.69, 9.17) is 14.8 Å². The Morgan fingerprint density at radius 2 is 1.07 bits per heavy atom. The molecule has 0 bridgehead atoms. The molecule has 23 nitrogen and oxygen atoms in total. The lowest BCUT2D eigenvalue weighted by molar-refractivity contribution is -0.178. The topological polar surface area (TPSA) is 265 Å². The molecule has 0 aliphatic carbocycles. The second-order valence-corrected chi connectivity index (χ2v) is 32.6. The number of Topliss-reactive ketones (excluding diaryl/α,β-unsaturated/α-hetero) is 2. The quantitative estimate of drug-likeness (QED) is 0.0607. The van der Waals surface area contributed by atoms with E-state index in [2.05, 4.69) is 63.3 Å². The normalized spacial score (nSPS) is 24.6. The van der Waals surface area contributed by atoms with Gasteiger partial charge < -0.3 is 69.3 Å². The fraction of sp³-hybridized carbons (Fsp3) is 0.607. The molecule has 0 spiro atoms. The van der Waals surface area contributed by atoms with Gasteiger partial charge in [-0.3, -0.25) is 38.4 Å². The van der Waals surface area contributed by atoms with E-state index in [0.29, 0.717) is 36.7 Å². The Labute approximate surface area is 643 Å². The maximum atomic E-state index is 15.9. The van der Waals surface area contributed by atoms with Crippen LogP contribution < -0.4 is 20.6 Å². The number of esters is 1. The number of rotatable bonds is 17. The molecule has 4 aliphatic rings. The summed E-state index contributed by atoms with van der Waals surface area (Å²) in [4.78, 5) is 153. The molecule has 4 saturated heterocycles. The fourth-order valence-corrected chi connectivity index (χ4v) is 15.8. The number of amides is 6. The van der Waals surface area contributed by atoms with Gasteiger partial charge >= 0.3 is 13.1 Å². The highest BCUT2D eigenvalue weighted by Gasteiger charge is 2.48. The van der Waals surface area contributed by atoms with Gasteiger partial charge in [-0.05, 0) is 129 Å². The number of carbonyl (C=O) groups is 9. The molecule has 8 rings (SSSR count). The SMILES string of the molecule is CCC(C)[C@@H]1CC(=O)[C@@H]2CCCN2C(=O)[C@H](Cc2cccc(-c3ccc(N4CCN(C)CC4)cc3)c2)N(C)C(=O)[C@H](Cc2ccccc2)NC(=O)[C@H](C(C)C)N(C)C(=O)[C@@H](C(C)CC)OC(=O)[C@H](C(C)(C)O)N(C)C(=O)C(CC(C)C)CC(=O)[C@H](C(C)C)N(C)C1=O.CN1CCN(c2ccc(B(O)O)cc2)CC1. The largest absolute Gasteiger partial charge is 0.488 e. The zero-order chi connectivity index (χ0) is 79.8. The van der Waals surface area contributed by atoms with Gasteiger partial charge in [-0.1, -0.05) is 155 Å². The van der Waals surface area contributed by atoms with Crippen LogP contribution in [0.2, 0.25) is 0 Å². The Balaban J connectivity index is 0.000000890. The van der Waals surface area contributed by atoms with Crippen molar-refractivity contribution in [3.05, 3.63) is 114 Å². The predicted octanol–water partition coefficient (Wildman–Crippen LogP) is 7.09. The average Bonchev–Trinajstić information content (AvgIpc) is 1.26. The van der Waals surface area contributed by atoms with Crippen molar-refractivity contribution in [3.8, 4) is 11.1 Å². The lowest BCUT2D eigenvalue weighted by Gasteiger charge is -2.39. The lowest BCUT2D eigenvalue weighted by atomic mass is 9.80. The van der Waals surface area contributed by atoms with Crippen LogP contribution in [0.25, 0.3) is 11.1 Å². The lowest BCUT2D eigenvalue weighted by Crippen LogP contribution is -2.61. The molecule has 4 N–H and O–H groups in total. The van der Waals surface area contributed by atoms with Gasteiger partial charge in [-0.15, -0.1) is 0 Å². The number of piperazine rings is 2. The summed E-state index contributed by atoms with van der Waals surface area (Å²) in [5, 5.41) is 32.8. The fourth-order valence-electron chi connectivity index (χ4n) is 15.8. The Morgan fingerprint density at radius 3 is 1.59 bits per heavy atom. The number of nitrogens with zero attached hydrogens (tertiary/aromatic N) is 9. The average molecular weight is 1490 g/mol. The molecule has 0 saturated carbocycles. The summed E-state index contributed by atoms with van der Waals surface area (Å²) in [5.41, 5.74) is 4.16. The third-order valence-electron chi connectivity index (χ3n) is 22.7. The Bertz CT molecular complexity index is 3650. The summed E-state index contributed by atoms with van der Waals surface area (Å²) in [6.07, 6.45) is -0.205. The maximum absolute atomic E-state index is 15.9. The number of fused-ring (bicyclic) bond motifs is 1. The van der Waals surface area contributed by atoms with E-state index >= 15 is 28.8 Å². The molecular weight excluding hydrogens is 1370 g/mol. The van der Waals surface area contributed by atoms with Crippen LogP contribution in [0.1, 0.15) is 139 Å². The van der Waals surface area contributed by atoms with Crippen LogP contribution in [0.3, 0.4) is 0 Å². The first-order valence-corrected chi connectivity index (χ1v) is 39.2. The maximum Gasteiger partial charge on any atom is 0.488 e. The Morgan fingerprint density at radius 1 is 0.537 bits per heavy atom. The van der Waals surface area contributed by atoms with Gasteiger partial charge in [-0.2, -0.15) is 0 Å². The van der Waals surface area contributed by atoms with Crippen molar-refractivity contribution >= 4 is 76.9 Å². The standard InChI is InChI=1S/C73H108N8O11.C11H17BN2O2/c1-18-48(9)56-44-60(82)58-29-24-34-81(58)70(88)59(42-51-27-23-28-53(40-51)52-30-32-55(33-31-52)80-37-35-75(13)36-38-80)76(14)69(87)57(41-50-25-21-20-22-26-50)74-66(84)63(47(7)8)78(16)71(89)64(49(10)19-2)92-72(90)65(73(11,12)91)79(17)67(85)54(39-45(3)4)43-61(83)62(46(5)6)77(15)68(56)86;1-13-6-8-14(9-7-13)11-4-2-10(3-5-11)12(15)16/h20-23,25-28,30-33,40,45-49,54,56-59,62-65,91H,18-19,24,29,34-39,41-44H2,1-17H3,(H,74,84);2-5,15-16H,6-9H2,1H3/t48?,49?,54?,56-,57-,58-,59-,62-,63-,64+,65+;/m0./s1. The number of ketones is 2. The van der Waals surface area contributed by atoms with Crippen molar-refractivity contribution in [2.75, 3.05) is 111 Å². The Hall–Kier alpha value is -8.03. The van der Waals surface area contributed by atoms with Crippen LogP contribution in [-0.2, 0) is 60.7 Å². The van der Waals surface area contributed by atoms with Crippen LogP contribution in [0.4, 0.5) is 11.4 Å². The third kappa shape index (κ3) is 22.6. The third-order valence-corrected chi connectivity index (χ3v) is 22.7. The second kappa shape index (κ2) is 39.6. The highest BCUT2D eigenvalue weighted by molar-refractivity contribution is 6.58. The van der Waals surface area contributed by atoms with Gasteiger partial charge in [0.25, 0.3) is 5.91 Å². The molecule has 11 atom stereocenters. The zero-order valence-electron chi connectivity index (χ0n) is 67.7. The molecule has 4 aromatic carbocycles. The molecule has 592 valence electrons. The van der Waals surface area contributed by atoms with Crippen molar-refractivity contribution in [1.82, 2.24) is 39.6 Å². The molecular formula is C84H125BN10O13. The molecule has 3 unspecified atom stereocenters. The second-order valence-electron chi connectivity index (χ2n) is 32.6. The zero-order valence-corrected chi connectivity index (χ0v) is 67.7. The van der Waals surface area contributed by atoms with Gasteiger partial charge in [0, 0.05) is 142 Å². The number of carbonyl (C=O) groups excluding carboxylic acids is 9. The molecule has 0 radical (unpaired) electrons. The highest BCUT2D eigenvalue weighted by Crippen LogP contribution is 2.34. The number of benzene rings is 4. The number of ether oxygens (including phenoxy) is 1. The number of hydrogen-bond donors (Lipinski definition) is 4. The first kappa shape index (κ1) is 87.2. The van der Waals surface area contributed by atoms with Crippen LogP contribution in [-0.4, -0.2) is 259 Å². The van der Waals surface area contributed by atoms with E-state index in [9.17, 15) is 19.5 Å². The number of cyclic esters (lactones) is 1. The minimum Gasteiger partial charge on any atom is -0.450 e. The molecule has 4 aromatic rings. The molecule has 108 heavy (non-hydrogen) atoms. The van der Waals surface area contributed by atoms with Gasteiger partial charge in [0.2, 0.25) is 29.5 Å². The minimum absolute atomic E-state index is 0.0119. The number of likely N-dealkylation sites (N-methyl/N-ethyl adjacent to an activating group) is 6. The van der Waals surface area contributed by atoms with Crippen molar-refractivity contribution in [3.63, 3.8) is 0 Å². The van der Waals surface area contributed by atoms with Crippen molar-refractivity contribution in [2.45, 2.75) is 189 Å². The number of hydrogen-bond acceptors (Lipinski definition) is 17.